The minimum atomic E-state index is -0.769. The van der Waals surface area contributed by atoms with E-state index in [-0.39, 0.29) is 6.61 Å². The summed E-state index contributed by atoms with van der Waals surface area (Å²) in [6.45, 7) is 3.82. The number of aryl methyl sites for hydroxylation is 2. The summed E-state index contributed by atoms with van der Waals surface area (Å²) in [4.78, 5) is 4.35. The van der Waals surface area contributed by atoms with Gasteiger partial charge in [-0.1, -0.05) is 6.07 Å². The number of aliphatic hydroxyl groups is 2. The summed E-state index contributed by atoms with van der Waals surface area (Å²) in [5.41, 5.74) is 2.60. The molecule has 0 saturated heterocycles. The van der Waals surface area contributed by atoms with Crippen molar-refractivity contribution in [3.63, 3.8) is 0 Å². The first-order chi connectivity index (χ1) is 9.10. The highest BCUT2D eigenvalue weighted by molar-refractivity contribution is 5.61. The topological polar surface area (TPSA) is 78.5 Å². The number of rotatable bonds is 5. The van der Waals surface area contributed by atoms with Crippen LogP contribution in [-0.2, 0) is 0 Å². The van der Waals surface area contributed by atoms with Gasteiger partial charge >= 0.3 is 0 Å². The van der Waals surface area contributed by atoms with E-state index in [0.29, 0.717) is 12.4 Å². The van der Waals surface area contributed by atoms with Crippen molar-refractivity contribution < 1.29 is 14.6 Å². The van der Waals surface area contributed by atoms with E-state index in [1.165, 1.54) is 0 Å². The van der Waals surface area contributed by atoms with E-state index >= 15 is 0 Å². The third-order valence-corrected chi connectivity index (χ3v) is 2.89. The zero-order valence-electron chi connectivity index (χ0n) is 11.1. The van der Waals surface area contributed by atoms with Crippen molar-refractivity contribution in [3.8, 4) is 11.5 Å². The van der Waals surface area contributed by atoms with E-state index < -0.39 is 6.10 Å². The Morgan fingerprint density at radius 1 is 1.37 bits per heavy atom. The molecule has 5 nitrogen and oxygen atoms in total. The van der Waals surface area contributed by atoms with Crippen molar-refractivity contribution in [2.24, 2.45) is 0 Å². The SMILES string of the molecule is Cc1nc(-c2cccc(NCC(O)CO)c2)oc1C. The highest BCUT2D eigenvalue weighted by Crippen LogP contribution is 2.23. The smallest absolute Gasteiger partial charge is 0.226 e. The third kappa shape index (κ3) is 3.33. The Kier molecular flexibility index (Phi) is 4.19. The molecule has 0 spiro atoms. The molecule has 1 heterocycles. The number of aromatic nitrogens is 1. The molecule has 2 aromatic rings. The zero-order chi connectivity index (χ0) is 13.8. The predicted molar refractivity (Wildman–Crippen MR) is 73.0 cm³/mol. The molecule has 19 heavy (non-hydrogen) atoms. The first-order valence-electron chi connectivity index (χ1n) is 6.17. The Hall–Kier alpha value is -1.85. The Morgan fingerprint density at radius 3 is 2.79 bits per heavy atom. The number of aliphatic hydroxyl groups excluding tert-OH is 2. The van der Waals surface area contributed by atoms with Crippen molar-refractivity contribution in [2.45, 2.75) is 20.0 Å². The normalized spacial score (nSPS) is 12.4. The largest absolute Gasteiger partial charge is 0.441 e. The summed E-state index contributed by atoms with van der Waals surface area (Å²) in [6.07, 6.45) is -0.769. The second-order valence-corrected chi connectivity index (χ2v) is 4.46. The lowest BCUT2D eigenvalue weighted by atomic mass is 10.2. The van der Waals surface area contributed by atoms with E-state index in [2.05, 4.69) is 10.3 Å². The van der Waals surface area contributed by atoms with Crippen LogP contribution in [0.4, 0.5) is 5.69 Å². The van der Waals surface area contributed by atoms with E-state index in [0.717, 1.165) is 22.7 Å². The van der Waals surface area contributed by atoms with Crippen molar-refractivity contribution in [3.05, 3.63) is 35.7 Å². The number of anilines is 1. The molecule has 1 aromatic heterocycles. The minimum absolute atomic E-state index is 0.259. The molecule has 0 fully saturated rings. The Morgan fingerprint density at radius 2 is 2.16 bits per heavy atom. The summed E-state index contributed by atoms with van der Waals surface area (Å²) in [7, 11) is 0. The highest BCUT2D eigenvalue weighted by Gasteiger charge is 2.09. The van der Waals surface area contributed by atoms with Crippen molar-refractivity contribution >= 4 is 5.69 Å². The van der Waals surface area contributed by atoms with Gasteiger partial charge in [0, 0.05) is 17.8 Å². The second-order valence-electron chi connectivity index (χ2n) is 4.46. The molecule has 2 rings (SSSR count). The van der Waals surface area contributed by atoms with Gasteiger partial charge in [0.25, 0.3) is 0 Å². The summed E-state index contributed by atoms with van der Waals surface area (Å²) in [5.74, 6) is 1.39. The number of hydrogen-bond donors (Lipinski definition) is 3. The molecule has 5 heteroatoms. The van der Waals surface area contributed by atoms with Crippen LogP contribution in [0.25, 0.3) is 11.5 Å². The van der Waals surface area contributed by atoms with Crippen LogP contribution in [0.5, 0.6) is 0 Å². The average molecular weight is 262 g/mol. The van der Waals surface area contributed by atoms with Gasteiger partial charge < -0.3 is 19.9 Å². The van der Waals surface area contributed by atoms with Crippen LogP contribution < -0.4 is 5.32 Å². The Balaban J connectivity index is 2.15. The van der Waals surface area contributed by atoms with Gasteiger partial charge in [0.05, 0.1) is 18.4 Å². The molecule has 1 atom stereocenters. The van der Waals surface area contributed by atoms with Gasteiger partial charge in [0.1, 0.15) is 5.76 Å². The van der Waals surface area contributed by atoms with Gasteiger partial charge in [0.2, 0.25) is 5.89 Å². The lowest BCUT2D eigenvalue weighted by Crippen LogP contribution is -2.22. The molecule has 0 aliphatic heterocycles. The molecule has 0 bridgehead atoms. The average Bonchev–Trinajstić information content (AvgIpc) is 2.76. The zero-order valence-corrected chi connectivity index (χ0v) is 11.1. The molecular weight excluding hydrogens is 244 g/mol. The molecule has 0 amide bonds. The van der Waals surface area contributed by atoms with Crippen molar-refractivity contribution in [1.82, 2.24) is 4.98 Å². The number of hydrogen-bond acceptors (Lipinski definition) is 5. The van der Waals surface area contributed by atoms with E-state index in [4.69, 9.17) is 9.52 Å². The third-order valence-electron chi connectivity index (χ3n) is 2.89. The fraction of sp³-hybridized carbons (Fsp3) is 0.357. The maximum absolute atomic E-state index is 9.30. The van der Waals surface area contributed by atoms with Gasteiger partial charge in [-0.25, -0.2) is 4.98 Å². The maximum Gasteiger partial charge on any atom is 0.226 e. The van der Waals surface area contributed by atoms with Crippen LogP contribution in [0.1, 0.15) is 11.5 Å². The summed E-state index contributed by atoms with van der Waals surface area (Å²) in [6, 6.07) is 7.58. The standard InChI is InChI=1S/C14H18N2O3/c1-9-10(2)19-14(16-9)11-4-3-5-12(6-11)15-7-13(18)8-17/h3-6,13,15,17-18H,7-8H2,1-2H3. The maximum atomic E-state index is 9.30. The molecular formula is C14H18N2O3. The van der Waals surface area contributed by atoms with E-state index in [9.17, 15) is 5.11 Å². The van der Waals surface area contributed by atoms with Gasteiger partial charge in [-0.05, 0) is 32.0 Å². The first kappa shape index (κ1) is 13.6. The highest BCUT2D eigenvalue weighted by atomic mass is 16.4. The van der Waals surface area contributed by atoms with Crippen molar-refractivity contribution in [2.75, 3.05) is 18.5 Å². The number of nitrogens with one attached hydrogen (secondary N) is 1. The van der Waals surface area contributed by atoms with Gasteiger partial charge in [0.15, 0.2) is 0 Å². The van der Waals surface area contributed by atoms with Crippen LogP contribution in [0.3, 0.4) is 0 Å². The van der Waals surface area contributed by atoms with E-state index in [1.807, 2.05) is 38.1 Å². The predicted octanol–water partition coefficient (Wildman–Crippen LogP) is 1.72. The molecule has 102 valence electrons. The Bertz CT molecular complexity index is 532. The number of nitrogens with zero attached hydrogens (tertiary/aromatic N) is 1. The monoisotopic (exact) mass is 262 g/mol. The lowest BCUT2D eigenvalue weighted by Gasteiger charge is -2.10. The lowest BCUT2D eigenvalue weighted by molar-refractivity contribution is 0.105. The fourth-order valence-corrected chi connectivity index (χ4v) is 1.66. The van der Waals surface area contributed by atoms with Gasteiger partial charge in [-0.3, -0.25) is 0 Å². The van der Waals surface area contributed by atoms with Crippen LogP contribution in [0.15, 0.2) is 28.7 Å². The van der Waals surface area contributed by atoms with Crippen LogP contribution in [-0.4, -0.2) is 34.5 Å². The van der Waals surface area contributed by atoms with E-state index in [1.54, 1.807) is 0 Å². The van der Waals surface area contributed by atoms with Crippen molar-refractivity contribution in [1.29, 1.82) is 0 Å². The summed E-state index contributed by atoms with van der Waals surface area (Å²) >= 11 is 0. The quantitative estimate of drug-likeness (QED) is 0.764. The summed E-state index contributed by atoms with van der Waals surface area (Å²) in [5, 5.41) is 21.1. The van der Waals surface area contributed by atoms with Gasteiger partial charge in [-0.2, -0.15) is 0 Å². The molecule has 1 aromatic carbocycles. The molecule has 0 aliphatic carbocycles. The first-order valence-corrected chi connectivity index (χ1v) is 6.17. The fourth-order valence-electron chi connectivity index (χ4n) is 1.66. The van der Waals surface area contributed by atoms with Crippen LogP contribution in [0.2, 0.25) is 0 Å². The Labute approximate surface area is 111 Å². The minimum Gasteiger partial charge on any atom is -0.441 e. The molecule has 3 N–H and O–H groups in total. The molecule has 1 unspecified atom stereocenters. The summed E-state index contributed by atoms with van der Waals surface area (Å²) < 4.78 is 5.57. The molecule has 0 radical (unpaired) electrons. The molecule has 0 aliphatic rings. The van der Waals surface area contributed by atoms with Crippen LogP contribution >= 0.6 is 0 Å². The number of oxazole rings is 1. The van der Waals surface area contributed by atoms with Gasteiger partial charge in [-0.15, -0.1) is 0 Å². The molecule has 0 saturated carbocycles. The second kappa shape index (κ2) is 5.86. The van der Waals surface area contributed by atoms with Crippen LogP contribution in [0, 0.1) is 13.8 Å². The number of benzene rings is 1.